The third-order valence-corrected chi connectivity index (χ3v) is 6.79. The van der Waals surface area contributed by atoms with Crippen molar-refractivity contribution in [3.8, 4) is 10.4 Å². The maximum absolute atomic E-state index is 13.2. The molecule has 0 spiro atoms. The average Bonchev–Trinajstić information content (AvgIpc) is 3.45. The van der Waals surface area contributed by atoms with E-state index in [1.54, 1.807) is 6.20 Å². The van der Waals surface area contributed by atoms with E-state index in [0.29, 0.717) is 30.6 Å². The molecule has 1 aliphatic heterocycles. The molecule has 1 fully saturated rings. The lowest BCUT2D eigenvalue weighted by Crippen LogP contribution is -2.51. The lowest BCUT2D eigenvalue weighted by atomic mass is 9.82. The number of H-pyrrole nitrogens is 1. The van der Waals surface area contributed by atoms with Crippen LogP contribution in [-0.2, 0) is 5.60 Å². The van der Waals surface area contributed by atoms with E-state index < -0.39 is 5.60 Å². The Hall–Kier alpha value is -2.71. The van der Waals surface area contributed by atoms with Gasteiger partial charge in [0.25, 0.3) is 5.91 Å². The molecule has 30 heavy (non-hydrogen) atoms. The lowest BCUT2D eigenvalue weighted by Gasteiger charge is -2.43. The van der Waals surface area contributed by atoms with Crippen molar-refractivity contribution in [1.29, 1.82) is 0 Å². The van der Waals surface area contributed by atoms with E-state index in [1.165, 1.54) is 11.3 Å². The molecule has 0 aromatic carbocycles. The summed E-state index contributed by atoms with van der Waals surface area (Å²) in [6.07, 6.45) is 5.31. The summed E-state index contributed by atoms with van der Waals surface area (Å²) in [6.45, 7) is 2.56. The molecular weight excluding hydrogens is 398 g/mol. The molecule has 1 amide bonds. The number of aliphatic hydroxyl groups is 1. The number of likely N-dealkylation sites (tertiary alicyclic amines) is 1. The molecule has 2 N–H and O–H groups in total. The monoisotopic (exact) mass is 425 g/mol. The van der Waals surface area contributed by atoms with E-state index >= 15 is 0 Å². The molecule has 8 heteroatoms. The third kappa shape index (κ3) is 3.85. The van der Waals surface area contributed by atoms with E-state index in [2.05, 4.69) is 22.1 Å². The number of piperidine rings is 1. The quantitative estimate of drug-likeness (QED) is 0.653. The van der Waals surface area contributed by atoms with Gasteiger partial charge in [0.15, 0.2) is 0 Å². The van der Waals surface area contributed by atoms with Gasteiger partial charge < -0.3 is 14.9 Å². The molecule has 3 aromatic rings. The molecular formula is C22H27N5O2S. The molecule has 4 heterocycles. The van der Waals surface area contributed by atoms with Crippen molar-refractivity contribution < 1.29 is 9.90 Å². The normalized spacial score (nSPS) is 21.6. The molecule has 0 bridgehead atoms. The van der Waals surface area contributed by atoms with Crippen LogP contribution in [0.2, 0.25) is 0 Å². The Morgan fingerprint density at radius 3 is 2.97 bits per heavy atom. The molecule has 0 saturated carbocycles. The molecule has 3 aromatic heterocycles. The van der Waals surface area contributed by atoms with Gasteiger partial charge in [-0.15, -0.1) is 11.3 Å². The van der Waals surface area contributed by atoms with E-state index in [-0.39, 0.29) is 11.9 Å². The molecule has 2 unspecified atom stereocenters. The lowest BCUT2D eigenvalue weighted by molar-refractivity contribution is -0.0473. The number of aromatic nitrogens is 3. The van der Waals surface area contributed by atoms with Crippen LogP contribution in [0.1, 0.15) is 42.2 Å². The summed E-state index contributed by atoms with van der Waals surface area (Å²) in [7, 11) is 3.87. The fraction of sp³-hybridized carbons (Fsp3) is 0.409. The third-order valence-electron chi connectivity index (χ3n) is 5.81. The van der Waals surface area contributed by atoms with Gasteiger partial charge in [-0.05, 0) is 31.0 Å². The van der Waals surface area contributed by atoms with E-state index in [0.717, 1.165) is 22.7 Å². The second-order valence-electron chi connectivity index (χ2n) is 8.01. The predicted molar refractivity (Wildman–Crippen MR) is 119 cm³/mol. The van der Waals surface area contributed by atoms with Crippen LogP contribution in [-0.4, -0.2) is 57.8 Å². The maximum atomic E-state index is 13.2. The zero-order valence-corrected chi connectivity index (χ0v) is 18.3. The second kappa shape index (κ2) is 8.20. The molecule has 1 aliphatic rings. The van der Waals surface area contributed by atoms with Crippen LogP contribution in [0.3, 0.4) is 0 Å². The van der Waals surface area contributed by atoms with Gasteiger partial charge in [0.05, 0.1) is 17.5 Å². The number of pyridine rings is 1. The summed E-state index contributed by atoms with van der Waals surface area (Å²) in [4.78, 5) is 22.8. The fourth-order valence-electron chi connectivity index (χ4n) is 4.04. The highest BCUT2D eigenvalue weighted by Gasteiger charge is 2.42. The summed E-state index contributed by atoms with van der Waals surface area (Å²) >= 11 is 1.54. The molecule has 0 aliphatic carbocycles. The van der Waals surface area contributed by atoms with Crippen molar-refractivity contribution in [3.05, 3.63) is 53.3 Å². The zero-order chi connectivity index (χ0) is 21.3. The summed E-state index contributed by atoms with van der Waals surface area (Å²) in [5, 5.41) is 20.1. The Morgan fingerprint density at radius 1 is 1.43 bits per heavy atom. The fourth-order valence-corrected chi connectivity index (χ4v) is 4.90. The second-order valence-corrected chi connectivity index (χ2v) is 8.92. The number of thiophene rings is 1. The molecule has 4 rings (SSSR count). The number of carbonyl (C=O) groups excluding carboxylic acids is 1. The molecule has 0 radical (unpaired) electrons. The topological polar surface area (TPSA) is 85.3 Å². The molecule has 1 saturated heterocycles. The minimum absolute atomic E-state index is 0.0184. The maximum Gasteiger partial charge on any atom is 0.254 e. The Labute approximate surface area is 180 Å². The highest BCUT2D eigenvalue weighted by molar-refractivity contribution is 7.13. The van der Waals surface area contributed by atoms with Gasteiger partial charge >= 0.3 is 0 Å². The Bertz CT molecular complexity index is 1020. The van der Waals surface area contributed by atoms with Crippen LogP contribution in [0.25, 0.3) is 10.4 Å². The average molecular weight is 426 g/mol. The van der Waals surface area contributed by atoms with Crippen molar-refractivity contribution >= 4 is 23.1 Å². The van der Waals surface area contributed by atoms with Crippen LogP contribution in [0.5, 0.6) is 0 Å². The smallest absolute Gasteiger partial charge is 0.254 e. The van der Waals surface area contributed by atoms with Crippen molar-refractivity contribution in [2.45, 2.75) is 37.8 Å². The number of hydrogen-bond acceptors (Lipinski definition) is 6. The van der Waals surface area contributed by atoms with Gasteiger partial charge in [-0.1, -0.05) is 13.0 Å². The first-order valence-corrected chi connectivity index (χ1v) is 11.0. The highest BCUT2D eigenvalue weighted by atomic mass is 32.1. The predicted octanol–water partition coefficient (Wildman–Crippen LogP) is 3.50. The van der Waals surface area contributed by atoms with E-state index in [4.69, 9.17) is 0 Å². The summed E-state index contributed by atoms with van der Waals surface area (Å²) < 4.78 is 0. The first-order valence-electron chi connectivity index (χ1n) is 10.2. The summed E-state index contributed by atoms with van der Waals surface area (Å²) in [5.41, 5.74) is 1.32. The van der Waals surface area contributed by atoms with Crippen molar-refractivity contribution in [1.82, 2.24) is 20.1 Å². The van der Waals surface area contributed by atoms with Crippen LogP contribution >= 0.6 is 11.3 Å². The van der Waals surface area contributed by atoms with Gasteiger partial charge in [0.2, 0.25) is 0 Å². The summed E-state index contributed by atoms with van der Waals surface area (Å²) in [5.74, 6) is 0.836. The van der Waals surface area contributed by atoms with Crippen LogP contribution in [0.4, 0.5) is 5.82 Å². The Kier molecular flexibility index (Phi) is 5.62. The van der Waals surface area contributed by atoms with Crippen LogP contribution < -0.4 is 4.90 Å². The number of nitrogens with zero attached hydrogens (tertiary/aromatic N) is 4. The van der Waals surface area contributed by atoms with Gasteiger partial charge in [-0.2, -0.15) is 5.10 Å². The number of aromatic amines is 1. The van der Waals surface area contributed by atoms with Crippen molar-refractivity contribution in [2.75, 3.05) is 25.5 Å². The zero-order valence-electron chi connectivity index (χ0n) is 17.5. The van der Waals surface area contributed by atoms with Gasteiger partial charge in [-0.25, -0.2) is 4.98 Å². The minimum atomic E-state index is -1.03. The van der Waals surface area contributed by atoms with Crippen molar-refractivity contribution in [2.24, 2.45) is 0 Å². The van der Waals surface area contributed by atoms with Crippen LogP contribution in [0, 0.1) is 0 Å². The molecule has 158 valence electrons. The van der Waals surface area contributed by atoms with Crippen molar-refractivity contribution in [3.63, 3.8) is 0 Å². The number of rotatable bonds is 5. The number of anilines is 1. The Morgan fingerprint density at radius 2 is 2.27 bits per heavy atom. The highest BCUT2D eigenvalue weighted by Crippen LogP contribution is 2.38. The Balaban J connectivity index is 1.54. The first kappa shape index (κ1) is 20.6. The van der Waals surface area contributed by atoms with Gasteiger partial charge in [0.1, 0.15) is 11.4 Å². The van der Waals surface area contributed by atoms with E-state index in [1.807, 2.05) is 59.7 Å². The number of hydrogen-bond donors (Lipinski definition) is 2. The largest absolute Gasteiger partial charge is 0.383 e. The van der Waals surface area contributed by atoms with E-state index in [9.17, 15) is 9.90 Å². The van der Waals surface area contributed by atoms with Crippen LogP contribution in [0.15, 0.2) is 42.0 Å². The summed E-state index contributed by atoms with van der Waals surface area (Å²) in [6, 6.07) is 7.62. The first-order chi connectivity index (χ1) is 14.4. The molecule has 7 nitrogen and oxygen atoms in total. The minimum Gasteiger partial charge on any atom is -0.383 e. The standard InChI is InChI=1S/C22H27N5O2S/c1-4-17-11-22(29,19-6-5-7-20(25-19)26(2)3)8-9-27(17)21(28)15-10-18(30-14-15)16-12-23-24-13-16/h5-7,10,12-14,17,29H,4,8-9,11H2,1-3H3,(H,23,24). The van der Waals surface area contributed by atoms with Gasteiger partial charge in [0, 0.05) is 55.1 Å². The van der Waals surface area contributed by atoms with Gasteiger partial charge in [-0.3, -0.25) is 9.89 Å². The number of carbonyl (C=O) groups is 1. The molecule has 2 atom stereocenters. The number of amides is 1. The SMILES string of the molecule is CCC1CC(O)(c2cccc(N(C)C)n2)CCN1C(=O)c1csc(-c2cn[nH]c2)c1. The number of nitrogens with one attached hydrogen (secondary N) is 1.